The Morgan fingerprint density at radius 3 is 2.29 bits per heavy atom. The fourth-order valence-electron chi connectivity index (χ4n) is 1.99. The molecule has 0 amide bonds. The van der Waals surface area contributed by atoms with E-state index in [0.717, 1.165) is 0 Å². The second kappa shape index (κ2) is 6.65. The molecule has 0 aromatic heterocycles. The van der Waals surface area contributed by atoms with Gasteiger partial charge in [0.15, 0.2) is 6.04 Å². The van der Waals surface area contributed by atoms with E-state index in [4.69, 9.17) is 9.47 Å². The summed E-state index contributed by atoms with van der Waals surface area (Å²) in [5, 5.41) is 12.4. The van der Waals surface area contributed by atoms with E-state index in [-0.39, 0.29) is 0 Å². The average Bonchev–Trinajstić information content (AvgIpc) is 2.52. The van der Waals surface area contributed by atoms with Crippen molar-refractivity contribution in [1.29, 1.82) is 0 Å². The predicted octanol–water partition coefficient (Wildman–Crippen LogP) is 2.94. The van der Waals surface area contributed by atoms with Gasteiger partial charge in [-0.05, 0) is 29.8 Å². The lowest BCUT2D eigenvalue weighted by Gasteiger charge is -2.17. The minimum Gasteiger partial charge on any atom is -0.497 e. The van der Waals surface area contributed by atoms with Crippen molar-refractivity contribution in [1.82, 2.24) is 0 Å². The van der Waals surface area contributed by atoms with E-state index in [2.05, 4.69) is 5.32 Å². The predicted molar refractivity (Wildman–Crippen MR) is 80.0 cm³/mol. The van der Waals surface area contributed by atoms with Crippen LogP contribution in [0.1, 0.15) is 11.6 Å². The van der Waals surface area contributed by atoms with Crippen molar-refractivity contribution in [3.05, 3.63) is 54.1 Å². The fourth-order valence-corrected chi connectivity index (χ4v) is 1.99. The van der Waals surface area contributed by atoms with Crippen LogP contribution in [0.2, 0.25) is 0 Å². The molecule has 0 fully saturated rings. The minimum absolute atomic E-state index is 0.615. The van der Waals surface area contributed by atoms with Gasteiger partial charge < -0.3 is 19.9 Å². The molecular weight excluding hydrogens is 270 g/mol. The molecule has 2 rings (SSSR count). The van der Waals surface area contributed by atoms with E-state index in [0.29, 0.717) is 22.7 Å². The normalized spacial score (nSPS) is 11.5. The van der Waals surface area contributed by atoms with Crippen LogP contribution >= 0.6 is 0 Å². The highest BCUT2D eigenvalue weighted by molar-refractivity contribution is 5.79. The number of carbonyl (C=O) groups is 1. The molecule has 21 heavy (non-hydrogen) atoms. The van der Waals surface area contributed by atoms with Gasteiger partial charge in [0.2, 0.25) is 0 Å². The van der Waals surface area contributed by atoms with Crippen molar-refractivity contribution in [3.63, 3.8) is 0 Å². The number of anilines is 1. The van der Waals surface area contributed by atoms with Gasteiger partial charge in [0.1, 0.15) is 11.5 Å². The van der Waals surface area contributed by atoms with Crippen LogP contribution in [-0.4, -0.2) is 25.3 Å². The largest absolute Gasteiger partial charge is 0.497 e. The molecule has 0 aliphatic rings. The van der Waals surface area contributed by atoms with Gasteiger partial charge in [0.25, 0.3) is 0 Å². The lowest BCUT2D eigenvalue weighted by molar-refractivity contribution is -0.138. The van der Waals surface area contributed by atoms with Crippen LogP contribution in [0.4, 0.5) is 5.69 Å². The molecule has 0 aliphatic carbocycles. The molecule has 0 saturated carbocycles. The number of carboxylic acid groups (broad SMARTS) is 1. The van der Waals surface area contributed by atoms with Gasteiger partial charge in [-0.1, -0.05) is 18.2 Å². The molecule has 0 saturated heterocycles. The number of nitrogens with one attached hydrogen (secondary N) is 1. The Kier molecular flexibility index (Phi) is 4.66. The molecular formula is C16H17NO4. The van der Waals surface area contributed by atoms with Crippen LogP contribution in [0.3, 0.4) is 0 Å². The van der Waals surface area contributed by atoms with E-state index in [1.807, 2.05) is 0 Å². The summed E-state index contributed by atoms with van der Waals surface area (Å²) in [5.74, 6) is 0.312. The zero-order chi connectivity index (χ0) is 15.2. The second-order valence-electron chi connectivity index (χ2n) is 4.42. The third-order valence-electron chi connectivity index (χ3n) is 3.05. The fraction of sp³-hybridized carbons (Fsp3) is 0.188. The summed E-state index contributed by atoms with van der Waals surface area (Å²) < 4.78 is 10.3. The van der Waals surface area contributed by atoms with Crippen molar-refractivity contribution < 1.29 is 19.4 Å². The highest BCUT2D eigenvalue weighted by Gasteiger charge is 2.20. The zero-order valence-electron chi connectivity index (χ0n) is 11.9. The monoisotopic (exact) mass is 287 g/mol. The number of rotatable bonds is 6. The maximum absolute atomic E-state index is 11.5. The van der Waals surface area contributed by atoms with Gasteiger partial charge in [-0.2, -0.15) is 0 Å². The molecule has 2 aromatic carbocycles. The number of hydrogen-bond acceptors (Lipinski definition) is 4. The van der Waals surface area contributed by atoms with Crippen LogP contribution in [0, 0.1) is 0 Å². The summed E-state index contributed by atoms with van der Waals surface area (Å²) in [5.41, 5.74) is 1.29. The Bertz CT molecular complexity index is 627. The highest BCUT2D eigenvalue weighted by Crippen LogP contribution is 2.25. The molecule has 2 N–H and O–H groups in total. The molecule has 0 radical (unpaired) electrons. The van der Waals surface area contributed by atoms with Gasteiger partial charge in [0.05, 0.1) is 14.2 Å². The summed E-state index contributed by atoms with van der Waals surface area (Å²) in [6.07, 6.45) is 0. The van der Waals surface area contributed by atoms with Crippen LogP contribution < -0.4 is 14.8 Å². The Morgan fingerprint density at radius 1 is 1.05 bits per heavy atom. The lowest BCUT2D eigenvalue weighted by Crippen LogP contribution is -2.20. The first-order valence-corrected chi connectivity index (χ1v) is 6.41. The number of methoxy groups -OCH3 is 2. The van der Waals surface area contributed by atoms with Gasteiger partial charge in [-0.15, -0.1) is 0 Å². The van der Waals surface area contributed by atoms with Crippen molar-refractivity contribution in [2.24, 2.45) is 0 Å². The van der Waals surface area contributed by atoms with Crippen LogP contribution in [0.25, 0.3) is 0 Å². The lowest BCUT2D eigenvalue weighted by atomic mass is 10.1. The van der Waals surface area contributed by atoms with Gasteiger partial charge in [-0.3, -0.25) is 0 Å². The van der Waals surface area contributed by atoms with Crippen molar-refractivity contribution in [3.8, 4) is 11.5 Å². The number of carboxylic acids is 1. The maximum atomic E-state index is 11.5. The average molecular weight is 287 g/mol. The van der Waals surface area contributed by atoms with E-state index in [1.165, 1.54) is 0 Å². The third kappa shape index (κ3) is 3.66. The Labute approximate surface area is 123 Å². The highest BCUT2D eigenvalue weighted by atomic mass is 16.5. The first-order chi connectivity index (χ1) is 10.1. The Balaban J connectivity index is 2.28. The minimum atomic E-state index is -0.967. The van der Waals surface area contributed by atoms with Crippen LogP contribution in [0.5, 0.6) is 11.5 Å². The van der Waals surface area contributed by atoms with E-state index < -0.39 is 12.0 Å². The van der Waals surface area contributed by atoms with Crippen LogP contribution in [-0.2, 0) is 4.79 Å². The van der Waals surface area contributed by atoms with Gasteiger partial charge >= 0.3 is 5.97 Å². The molecule has 0 spiro atoms. The molecule has 0 aliphatic heterocycles. The van der Waals surface area contributed by atoms with E-state index >= 15 is 0 Å². The second-order valence-corrected chi connectivity index (χ2v) is 4.42. The molecule has 2 aromatic rings. The molecule has 1 unspecified atom stereocenters. The van der Waals surface area contributed by atoms with Gasteiger partial charge in [-0.25, -0.2) is 4.79 Å². The van der Waals surface area contributed by atoms with Crippen LogP contribution in [0.15, 0.2) is 48.5 Å². The van der Waals surface area contributed by atoms with E-state index in [9.17, 15) is 9.90 Å². The summed E-state index contributed by atoms with van der Waals surface area (Å²) >= 11 is 0. The summed E-state index contributed by atoms with van der Waals surface area (Å²) in [6, 6.07) is 13.2. The first kappa shape index (κ1) is 14.7. The summed E-state index contributed by atoms with van der Waals surface area (Å²) in [7, 11) is 3.11. The number of ether oxygens (including phenoxy) is 2. The molecule has 0 bridgehead atoms. The molecule has 1 atom stereocenters. The Morgan fingerprint density at radius 2 is 1.67 bits per heavy atom. The zero-order valence-corrected chi connectivity index (χ0v) is 11.9. The standard InChI is InChI=1S/C16H17NO4/c1-20-13-7-3-5-11(9-13)15(16(18)19)17-12-6-4-8-14(10-12)21-2/h3-10,15,17H,1-2H3,(H,18,19). The van der Waals surface area contributed by atoms with Crippen molar-refractivity contribution in [2.45, 2.75) is 6.04 Å². The van der Waals surface area contributed by atoms with Gasteiger partial charge in [0, 0.05) is 11.8 Å². The molecule has 0 heterocycles. The SMILES string of the molecule is COc1cccc(NC(C(=O)O)c2cccc(OC)c2)c1. The Hall–Kier alpha value is -2.69. The van der Waals surface area contributed by atoms with Crippen molar-refractivity contribution >= 4 is 11.7 Å². The smallest absolute Gasteiger partial charge is 0.330 e. The van der Waals surface area contributed by atoms with E-state index in [1.54, 1.807) is 62.8 Å². The first-order valence-electron chi connectivity index (χ1n) is 6.41. The number of benzene rings is 2. The maximum Gasteiger partial charge on any atom is 0.330 e. The summed E-state index contributed by atoms with van der Waals surface area (Å²) in [6.45, 7) is 0. The third-order valence-corrected chi connectivity index (χ3v) is 3.05. The summed E-state index contributed by atoms with van der Waals surface area (Å²) in [4.78, 5) is 11.5. The topological polar surface area (TPSA) is 67.8 Å². The quantitative estimate of drug-likeness (QED) is 0.855. The molecule has 110 valence electrons. The number of hydrogen-bond donors (Lipinski definition) is 2. The number of aliphatic carboxylic acids is 1. The molecule has 5 nitrogen and oxygen atoms in total. The van der Waals surface area contributed by atoms with Crippen molar-refractivity contribution in [2.75, 3.05) is 19.5 Å². The molecule has 5 heteroatoms.